The minimum atomic E-state index is -0.398. The lowest BCUT2D eigenvalue weighted by Crippen LogP contribution is -2.44. The lowest BCUT2D eigenvalue weighted by atomic mass is 9.94. The minimum Gasteiger partial charge on any atom is -0.351 e. The highest BCUT2D eigenvalue weighted by molar-refractivity contribution is 5.91. The van der Waals surface area contributed by atoms with Gasteiger partial charge in [-0.3, -0.25) is 14.7 Å². The second kappa shape index (κ2) is 7.52. The molecule has 1 aliphatic heterocycles. The van der Waals surface area contributed by atoms with Crippen LogP contribution in [0.4, 0.5) is 0 Å². The molecule has 0 unspecified atom stereocenters. The first-order chi connectivity index (χ1) is 14.6. The number of likely N-dealkylation sites (tertiary alicyclic amines) is 1. The summed E-state index contributed by atoms with van der Waals surface area (Å²) in [6.07, 6.45) is 5.93. The first-order valence-corrected chi connectivity index (χ1v) is 11.1. The maximum atomic E-state index is 13.6. The summed E-state index contributed by atoms with van der Waals surface area (Å²) in [5.74, 6) is 1.73. The fourth-order valence-corrected chi connectivity index (χ4v) is 5.20. The number of hydrogen-bond acceptors (Lipinski definition) is 4. The molecule has 1 saturated heterocycles. The number of carbonyl (C=O) groups is 2. The molecule has 0 spiro atoms. The summed E-state index contributed by atoms with van der Waals surface area (Å²) in [7, 11) is 0. The van der Waals surface area contributed by atoms with E-state index in [1.165, 1.54) is 0 Å². The van der Waals surface area contributed by atoms with Gasteiger partial charge in [0.05, 0.1) is 17.4 Å². The molecule has 2 heterocycles. The predicted octanol–water partition coefficient (Wildman–Crippen LogP) is 2.45. The molecule has 2 aliphatic carbocycles. The van der Waals surface area contributed by atoms with Crippen molar-refractivity contribution < 1.29 is 9.59 Å². The van der Waals surface area contributed by atoms with Crippen LogP contribution in [0.1, 0.15) is 61.7 Å². The highest BCUT2D eigenvalue weighted by atomic mass is 16.2. The second-order valence-corrected chi connectivity index (χ2v) is 9.14. The molecule has 158 valence electrons. The Bertz CT molecular complexity index is 930. The lowest BCUT2D eigenvalue weighted by molar-refractivity contribution is -0.133. The fourth-order valence-electron chi connectivity index (χ4n) is 5.20. The van der Waals surface area contributed by atoms with Gasteiger partial charge in [-0.15, -0.1) is 0 Å². The summed E-state index contributed by atoms with van der Waals surface area (Å²) in [6, 6.07) is 9.93. The number of aromatic nitrogens is 3. The summed E-state index contributed by atoms with van der Waals surface area (Å²) in [6.45, 7) is 2.93. The number of H-pyrrole nitrogens is 1. The SMILES string of the molecule is Cc1nc([C@@H]2CN(C(=O)C3(c4ccccc4)CC3)C[C@H]2NC(=O)C2CCCC2)n[nH]1. The van der Waals surface area contributed by atoms with Gasteiger partial charge in [-0.05, 0) is 38.2 Å². The number of carbonyl (C=O) groups excluding carboxylic acids is 2. The Morgan fingerprint density at radius 2 is 1.87 bits per heavy atom. The van der Waals surface area contributed by atoms with Crippen LogP contribution in [0, 0.1) is 12.8 Å². The molecule has 0 bridgehead atoms. The van der Waals surface area contributed by atoms with Gasteiger partial charge in [0.1, 0.15) is 5.82 Å². The summed E-state index contributed by atoms with van der Waals surface area (Å²) in [5, 5.41) is 10.5. The average Bonchev–Trinajstić information content (AvgIpc) is 3.11. The lowest BCUT2D eigenvalue weighted by Gasteiger charge is -2.24. The third-order valence-corrected chi connectivity index (χ3v) is 7.09. The molecule has 7 nitrogen and oxygen atoms in total. The van der Waals surface area contributed by atoms with E-state index in [2.05, 4.69) is 32.6 Å². The molecule has 3 aliphatic rings. The van der Waals surface area contributed by atoms with Crippen LogP contribution in [0.2, 0.25) is 0 Å². The second-order valence-electron chi connectivity index (χ2n) is 9.14. The molecule has 2 N–H and O–H groups in total. The number of rotatable bonds is 5. The minimum absolute atomic E-state index is 0.0872. The van der Waals surface area contributed by atoms with Crippen molar-refractivity contribution in [2.24, 2.45) is 5.92 Å². The number of benzene rings is 1. The quantitative estimate of drug-likeness (QED) is 0.797. The molecule has 2 saturated carbocycles. The van der Waals surface area contributed by atoms with Crippen molar-refractivity contribution in [2.75, 3.05) is 13.1 Å². The van der Waals surface area contributed by atoms with Crippen molar-refractivity contribution in [1.29, 1.82) is 0 Å². The van der Waals surface area contributed by atoms with E-state index in [4.69, 9.17) is 0 Å². The van der Waals surface area contributed by atoms with Crippen LogP contribution in [-0.4, -0.2) is 51.0 Å². The highest BCUT2D eigenvalue weighted by Gasteiger charge is 2.55. The normalized spacial score (nSPS) is 25.4. The van der Waals surface area contributed by atoms with Gasteiger partial charge in [-0.25, -0.2) is 4.98 Å². The summed E-state index contributed by atoms with van der Waals surface area (Å²) in [5.41, 5.74) is 0.698. The number of nitrogens with one attached hydrogen (secondary N) is 2. The van der Waals surface area contributed by atoms with E-state index in [1.807, 2.05) is 30.0 Å². The Morgan fingerprint density at radius 3 is 2.50 bits per heavy atom. The van der Waals surface area contributed by atoms with E-state index < -0.39 is 5.41 Å². The van der Waals surface area contributed by atoms with E-state index in [1.54, 1.807) is 0 Å². The largest absolute Gasteiger partial charge is 0.351 e. The molecule has 5 rings (SSSR count). The van der Waals surface area contributed by atoms with Crippen molar-refractivity contribution in [2.45, 2.75) is 62.8 Å². The molecule has 30 heavy (non-hydrogen) atoms. The van der Waals surface area contributed by atoms with Gasteiger partial charge < -0.3 is 10.2 Å². The summed E-state index contributed by atoms with van der Waals surface area (Å²) < 4.78 is 0. The van der Waals surface area contributed by atoms with Crippen molar-refractivity contribution in [1.82, 2.24) is 25.4 Å². The Balaban J connectivity index is 1.36. The predicted molar refractivity (Wildman–Crippen MR) is 112 cm³/mol. The number of hydrogen-bond donors (Lipinski definition) is 2. The van der Waals surface area contributed by atoms with Crippen molar-refractivity contribution >= 4 is 11.8 Å². The maximum absolute atomic E-state index is 13.6. The van der Waals surface area contributed by atoms with Gasteiger partial charge in [-0.1, -0.05) is 43.2 Å². The molecular weight excluding hydrogens is 378 g/mol. The van der Waals surface area contributed by atoms with Crippen molar-refractivity contribution in [3.63, 3.8) is 0 Å². The van der Waals surface area contributed by atoms with Gasteiger partial charge in [-0.2, -0.15) is 5.10 Å². The first-order valence-electron chi connectivity index (χ1n) is 11.1. The molecule has 2 amide bonds. The summed E-state index contributed by atoms with van der Waals surface area (Å²) >= 11 is 0. The van der Waals surface area contributed by atoms with Gasteiger partial charge >= 0.3 is 0 Å². The van der Waals surface area contributed by atoms with E-state index in [0.717, 1.165) is 49.9 Å². The Kier molecular flexibility index (Phi) is 4.83. The fraction of sp³-hybridized carbons (Fsp3) is 0.565. The standard InChI is InChI=1S/C23H29N5O2/c1-15-24-20(27-26-15)18-13-28(14-19(18)25-21(29)16-7-5-6-8-16)22(30)23(11-12-23)17-9-3-2-4-10-17/h2-4,9-10,16,18-19H,5-8,11-14H2,1H3,(H,25,29)(H,24,26,27)/t18-,19-/m1/s1. The van der Waals surface area contributed by atoms with E-state index >= 15 is 0 Å². The number of nitrogens with zero attached hydrogens (tertiary/aromatic N) is 3. The molecule has 0 radical (unpaired) electrons. The average molecular weight is 408 g/mol. The Hall–Kier alpha value is -2.70. The Morgan fingerprint density at radius 1 is 1.13 bits per heavy atom. The molecular formula is C23H29N5O2. The van der Waals surface area contributed by atoms with E-state index in [9.17, 15) is 9.59 Å². The zero-order valence-electron chi connectivity index (χ0n) is 17.4. The molecule has 7 heteroatoms. The monoisotopic (exact) mass is 407 g/mol. The molecule has 3 fully saturated rings. The zero-order chi connectivity index (χ0) is 20.7. The van der Waals surface area contributed by atoms with Crippen LogP contribution >= 0.6 is 0 Å². The third-order valence-electron chi connectivity index (χ3n) is 7.09. The number of aryl methyl sites for hydroxylation is 1. The number of amides is 2. The summed E-state index contributed by atoms with van der Waals surface area (Å²) in [4.78, 5) is 32.8. The Labute approximate surface area is 176 Å². The molecule has 2 atom stereocenters. The maximum Gasteiger partial charge on any atom is 0.233 e. The van der Waals surface area contributed by atoms with Crippen LogP contribution in [0.5, 0.6) is 0 Å². The van der Waals surface area contributed by atoms with Crippen LogP contribution < -0.4 is 5.32 Å². The van der Waals surface area contributed by atoms with E-state index in [0.29, 0.717) is 18.9 Å². The van der Waals surface area contributed by atoms with Crippen LogP contribution in [0.3, 0.4) is 0 Å². The van der Waals surface area contributed by atoms with Gasteiger partial charge in [0.2, 0.25) is 11.8 Å². The topological polar surface area (TPSA) is 91.0 Å². The smallest absolute Gasteiger partial charge is 0.233 e. The van der Waals surface area contributed by atoms with Gasteiger partial charge in [0, 0.05) is 19.0 Å². The van der Waals surface area contributed by atoms with Gasteiger partial charge in [0.25, 0.3) is 0 Å². The highest BCUT2D eigenvalue weighted by Crippen LogP contribution is 2.50. The van der Waals surface area contributed by atoms with E-state index in [-0.39, 0.29) is 29.7 Å². The zero-order valence-corrected chi connectivity index (χ0v) is 17.4. The van der Waals surface area contributed by atoms with Gasteiger partial charge in [0.15, 0.2) is 5.82 Å². The van der Waals surface area contributed by atoms with Crippen LogP contribution in [-0.2, 0) is 15.0 Å². The molecule has 1 aromatic carbocycles. The van der Waals surface area contributed by atoms with Crippen molar-refractivity contribution in [3.8, 4) is 0 Å². The van der Waals surface area contributed by atoms with Crippen LogP contribution in [0.15, 0.2) is 30.3 Å². The van der Waals surface area contributed by atoms with Crippen molar-refractivity contribution in [3.05, 3.63) is 47.5 Å². The molecule has 2 aromatic rings. The molecule has 1 aromatic heterocycles. The van der Waals surface area contributed by atoms with Crippen LogP contribution in [0.25, 0.3) is 0 Å². The third kappa shape index (κ3) is 3.40. The number of aromatic amines is 1. The first kappa shape index (κ1) is 19.3.